The predicted molar refractivity (Wildman–Crippen MR) is 98.5 cm³/mol. The number of likely N-dealkylation sites (tertiary alicyclic amines) is 1. The minimum absolute atomic E-state index is 0.0556. The second-order valence-electron chi connectivity index (χ2n) is 7.13. The topological polar surface area (TPSA) is 65.1 Å². The molecule has 0 bridgehead atoms. The third kappa shape index (κ3) is 3.54. The number of nitrogens with one attached hydrogen (secondary N) is 1. The van der Waals surface area contributed by atoms with Crippen molar-refractivity contribution >= 4 is 17.6 Å². The van der Waals surface area contributed by atoms with Gasteiger partial charge in [-0.15, -0.1) is 0 Å². The highest BCUT2D eigenvalue weighted by atomic mass is 16.5. The molecule has 1 unspecified atom stereocenters. The van der Waals surface area contributed by atoms with E-state index in [1.54, 1.807) is 4.90 Å². The molecule has 4 rings (SSSR count). The number of rotatable bonds is 3. The molecular weight excluding hydrogens is 332 g/mol. The monoisotopic (exact) mass is 358 g/mol. The molecule has 0 aromatic heterocycles. The van der Waals surface area contributed by atoms with Gasteiger partial charge in [-0.3, -0.25) is 14.6 Å². The summed E-state index contributed by atoms with van der Waals surface area (Å²) in [7, 11) is 0. The molecular formula is C19H26N4O3. The van der Waals surface area contributed by atoms with E-state index < -0.39 is 0 Å². The zero-order valence-electron chi connectivity index (χ0n) is 15.0. The molecule has 3 saturated heterocycles. The molecule has 7 nitrogen and oxygen atoms in total. The Morgan fingerprint density at radius 1 is 1.15 bits per heavy atom. The molecule has 1 atom stereocenters. The van der Waals surface area contributed by atoms with Gasteiger partial charge in [-0.05, 0) is 31.0 Å². The van der Waals surface area contributed by atoms with Gasteiger partial charge in [-0.25, -0.2) is 4.79 Å². The zero-order chi connectivity index (χ0) is 17.9. The largest absolute Gasteiger partial charge is 0.379 e. The first kappa shape index (κ1) is 17.3. The number of carbonyl (C=O) groups excluding carboxylic acids is 2. The summed E-state index contributed by atoms with van der Waals surface area (Å²) < 4.78 is 5.42. The van der Waals surface area contributed by atoms with Gasteiger partial charge in [0.1, 0.15) is 0 Å². The third-order valence-electron chi connectivity index (χ3n) is 5.50. The fourth-order valence-electron chi connectivity index (χ4n) is 4.03. The minimum Gasteiger partial charge on any atom is -0.379 e. The van der Waals surface area contributed by atoms with E-state index >= 15 is 0 Å². The van der Waals surface area contributed by atoms with Crippen LogP contribution in [0.2, 0.25) is 0 Å². The van der Waals surface area contributed by atoms with Crippen molar-refractivity contribution in [1.29, 1.82) is 0 Å². The first-order valence-corrected chi connectivity index (χ1v) is 9.49. The normalized spacial score (nSPS) is 24.6. The van der Waals surface area contributed by atoms with Crippen LogP contribution in [0.4, 0.5) is 10.5 Å². The lowest BCUT2D eigenvalue weighted by Crippen LogP contribution is -2.46. The van der Waals surface area contributed by atoms with Crippen molar-refractivity contribution < 1.29 is 14.3 Å². The van der Waals surface area contributed by atoms with Crippen LogP contribution < -0.4 is 10.2 Å². The Kier molecular flexibility index (Phi) is 5.08. The molecule has 7 heteroatoms. The average Bonchev–Trinajstić information content (AvgIpc) is 3.19. The third-order valence-corrected chi connectivity index (χ3v) is 5.50. The van der Waals surface area contributed by atoms with Gasteiger partial charge in [0.25, 0.3) is 5.91 Å². The Hall–Kier alpha value is -2.12. The van der Waals surface area contributed by atoms with Gasteiger partial charge in [0, 0.05) is 56.6 Å². The maximum absolute atomic E-state index is 13.0. The maximum Gasteiger partial charge on any atom is 0.321 e. The molecule has 3 amide bonds. The predicted octanol–water partition coefficient (Wildman–Crippen LogP) is 1.15. The van der Waals surface area contributed by atoms with Crippen LogP contribution in [0.15, 0.2) is 24.3 Å². The number of morpholine rings is 1. The van der Waals surface area contributed by atoms with Crippen molar-refractivity contribution in [2.75, 3.05) is 57.4 Å². The lowest BCUT2D eigenvalue weighted by Gasteiger charge is -2.32. The molecule has 1 aromatic carbocycles. The first-order valence-electron chi connectivity index (χ1n) is 9.49. The quantitative estimate of drug-likeness (QED) is 0.880. The molecule has 0 aliphatic carbocycles. The molecule has 3 aliphatic rings. The first-order chi connectivity index (χ1) is 12.7. The number of nitrogens with zero attached hydrogens (tertiary/aromatic N) is 3. The SMILES string of the molecule is O=C(c1cccc(N2CCCNC2=O)c1)N1CCC(N2CCOCC2)C1. The summed E-state index contributed by atoms with van der Waals surface area (Å²) in [5.74, 6) is 0.0556. The van der Waals surface area contributed by atoms with Crippen molar-refractivity contribution in [3.63, 3.8) is 0 Å². The zero-order valence-corrected chi connectivity index (χ0v) is 15.0. The number of carbonyl (C=O) groups is 2. The van der Waals surface area contributed by atoms with Crippen LogP contribution in [-0.2, 0) is 4.74 Å². The highest BCUT2D eigenvalue weighted by molar-refractivity contribution is 5.98. The van der Waals surface area contributed by atoms with Crippen LogP contribution in [0.5, 0.6) is 0 Å². The van der Waals surface area contributed by atoms with Gasteiger partial charge in [0.2, 0.25) is 0 Å². The molecule has 0 radical (unpaired) electrons. The molecule has 3 fully saturated rings. The summed E-state index contributed by atoms with van der Waals surface area (Å²) in [5.41, 5.74) is 1.44. The van der Waals surface area contributed by atoms with E-state index in [4.69, 9.17) is 4.74 Å². The van der Waals surface area contributed by atoms with Gasteiger partial charge in [0.05, 0.1) is 13.2 Å². The Balaban J connectivity index is 1.43. The standard InChI is InChI=1S/C19H26N4O3/c24-18(22-8-5-17(14-22)21-9-11-26-12-10-21)15-3-1-4-16(13-15)23-7-2-6-20-19(23)25/h1,3-4,13,17H,2,5-12,14H2,(H,20,25). The summed E-state index contributed by atoms with van der Waals surface area (Å²) in [4.78, 5) is 31.1. The maximum atomic E-state index is 13.0. The number of benzene rings is 1. The van der Waals surface area contributed by atoms with Gasteiger partial charge < -0.3 is 15.0 Å². The van der Waals surface area contributed by atoms with E-state index in [-0.39, 0.29) is 11.9 Å². The molecule has 26 heavy (non-hydrogen) atoms. The molecule has 0 saturated carbocycles. The number of hydrogen-bond donors (Lipinski definition) is 1. The van der Waals surface area contributed by atoms with Gasteiger partial charge in [-0.2, -0.15) is 0 Å². The van der Waals surface area contributed by atoms with Crippen LogP contribution in [-0.4, -0.2) is 80.3 Å². The van der Waals surface area contributed by atoms with Crippen molar-refractivity contribution in [2.24, 2.45) is 0 Å². The Labute approximate surface area is 153 Å². The Bertz CT molecular complexity index is 675. The summed E-state index contributed by atoms with van der Waals surface area (Å²) in [5, 5.41) is 2.85. The number of anilines is 1. The lowest BCUT2D eigenvalue weighted by atomic mass is 10.1. The highest BCUT2D eigenvalue weighted by Crippen LogP contribution is 2.22. The van der Waals surface area contributed by atoms with Gasteiger partial charge in [0.15, 0.2) is 0 Å². The van der Waals surface area contributed by atoms with Crippen molar-refractivity contribution in [2.45, 2.75) is 18.9 Å². The number of ether oxygens (including phenoxy) is 1. The second-order valence-corrected chi connectivity index (χ2v) is 7.13. The summed E-state index contributed by atoms with van der Waals surface area (Å²) in [6.07, 6.45) is 1.93. The minimum atomic E-state index is -0.0885. The van der Waals surface area contributed by atoms with E-state index in [0.29, 0.717) is 24.7 Å². The summed E-state index contributed by atoms with van der Waals surface area (Å²) in [6, 6.07) is 7.78. The van der Waals surface area contributed by atoms with E-state index in [1.807, 2.05) is 29.2 Å². The number of amides is 3. The Morgan fingerprint density at radius 3 is 2.81 bits per heavy atom. The molecule has 3 heterocycles. The van der Waals surface area contributed by atoms with E-state index in [0.717, 1.165) is 57.9 Å². The fourth-order valence-corrected chi connectivity index (χ4v) is 4.03. The Morgan fingerprint density at radius 2 is 2.00 bits per heavy atom. The molecule has 3 aliphatic heterocycles. The van der Waals surface area contributed by atoms with Crippen LogP contribution in [0.1, 0.15) is 23.2 Å². The van der Waals surface area contributed by atoms with Crippen LogP contribution in [0, 0.1) is 0 Å². The second kappa shape index (κ2) is 7.63. The molecule has 0 spiro atoms. The smallest absolute Gasteiger partial charge is 0.321 e. The summed E-state index contributed by atoms with van der Waals surface area (Å²) >= 11 is 0. The number of urea groups is 1. The van der Waals surface area contributed by atoms with E-state index in [2.05, 4.69) is 10.2 Å². The van der Waals surface area contributed by atoms with Gasteiger partial charge >= 0.3 is 6.03 Å². The number of hydrogen-bond acceptors (Lipinski definition) is 4. The van der Waals surface area contributed by atoms with Crippen LogP contribution in [0.25, 0.3) is 0 Å². The lowest BCUT2D eigenvalue weighted by molar-refractivity contribution is 0.0185. The van der Waals surface area contributed by atoms with Crippen molar-refractivity contribution in [3.8, 4) is 0 Å². The van der Waals surface area contributed by atoms with Crippen molar-refractivity contribution in [1.82, 2.24) is 15.1 Å². The highest BCUT2D eigenvalue weighted by Gasteiger charge is 2.31. The van der Waals surface area contributed by atoms with Crippen LogP contribution >= 0.6 is 0 Å². The average molecular weight is 358 g/mol. The molecule has 1 N–H and O–H groups in total. The van der Waals surface area contributed by atoms with Gasteiger partial charge in [-0.1, -0.05) is 6.07 Å². The van der Waals surface area contributed by atoms with E-state index in [9.17, 15) is 9.59 Å². The van der Waals surface area contributed by atoms with E-state index in [1.165, 1.54) is 0 Å². The van der Waals surface area contributed by atoms with Crippen LogP contribution in [0.3, 0.4) is 0 Å². The summed E-state index contributed by atoms with van der Waals surface area (Å²) in [6.45, 7) is 6.42. The fraction of sp³-hybridized carbons (Fsp3) is 0.579. The molecule has 140 valence electrons. The molecule has 1 aromatic rings. The van der Waals surface area contributed by atoms with Crippen molar-refractivity contribution in [3.05, 3.63) is 29.8 Å².